The Kier molecular flexibility index (Phi) is 4.50. The maximum Gasteiger partial charge on any atom is 0.252 e. The zero-order valence-corrected chi connectivity index (χ0v) is 17.9. The van der Waals surface area contributed by atoms with E-state index in [0.717, 1.165) is 43.5 Å². The van der Waals surface area contributed by atoms with Crippen LogP contribution in [0.1, 0.15) is 57.9 Å². The normalized spacial score (nSPS) is 39.1. The number of hydrogen-bond acceptors (Lipinski definition) is 3. The number of rotatable bonds is 2. The lowest BCUT2D eigenvalue weighted by Gasteiger charge is -2.39. The molecule has 29 heavy (non-hydrogen) atoms. The van der Waals surface area contributed by atoms with E-state index in [0.29, 0.717) is 17.9 Å². The van der Waals surface area contributed by atoms with Crippen LogP contribution >= 0.6 is 0 Å². The van der Waals surface area contributed by atoms with Crippen molar-refractivity contribution in [1.29, 1.82) is 0 Å². The molecule has 4 aliphatic rings. The van der Waals surface area contributed by atoms with Gasteiger partial charge >= 0.3 is 0 Å². The molecule has 5 nitrogen and oxygen atoms in total. The van der Waals surface area contributed by atoms with Gasteiger partial charge in [0.2, 0.25) is 5.91 Å². The molecule has 2 amide bonds. The average Bonchev–Trinajstić information content (AvgIpc) is 3.36. The Balaban J connectivity index is 1.53. The lowest BCUT2D eigenvalue weighted by atomic mass is 9.76. The zero-order chi connectivity index (χ0) is 20.3. The van der Waals surface area contributed by atoms with Gasteiger partial charge in [-0.1, -0.05) is 44.9 Å². The molecular formula is C24H33N3O2. The fraction of sp³-hybridized carbons (Fsp3) is 0.667. The summed E-state index contributed by atoms with van der Waals surface area (Å²) >= 11 is 0. The Bertz CT molecular complexity index is 839. The molecule has 1 saturated carbocycles. The number of benzene rings is 1. The van der Waals surface area contributed by atoms with Crippen LogP contribution in [0, 0.1) is 17.8 Å². The molecule has 1 aromatic rings. The summed E-state index contributed by atoms with van der Waals surface area (Å²) in [6.45, 7) is 5.46. The SMILES string of the molecule is CC1CCCC(NC(=O)C2CC3CCCN3C23C(=O)N(C)c2ccccc23)C1C. The van der Waals surface area contributed by atoms with Crippen LogP contribution < -0.4 is 10.2 Å². The lowest BCUT2D eigenvalue weighted by Crippen LogP contribution is -2.57. The second-order valence-electron chi connectivity index (χ2n) is 9.81. The Morgan fingerprint density at radius 3 is 2.76 bits per heavy atom. The van der Waals surface area contributed by atoms with Crippen molar-refractivity contribution in [1.82, 2.24) is 10.2 Å². The van der Waals surface area contributed by atoms with Crippen LogP contribution in [0.3, 0.4) is 0 Å². The van der Waals surface area contributed by atoms with Gasteiger partial charge in [0.1, 0.15) is 5.54 Å². The highest BCUT2D eigenvalue weighted by Crippen LogP contribution is 2.56. The summed E-state index contributed by atoms with van der Waals surface area (Å²) < 4.78 is 0. The van der Waals surface area contributed by atoms with Crippen LogP contribution in [-0.4, -0.2) is 42.4 Å². The third kappa shape index (κ3) is 2.56. The molecule has 6 unspecified atom stereocenters. The second kappa shape index (κ2) is 6.83. The molecule has 0 radical (unpaired) electrons. The monoisotopic (exact) mass is 395 g/mol. The minimum Gasteiger partial charge on any atom is -0.353 e. The van der Waals surface area contributed by atoms with Crippen molar-refractivity contribution in [3.8, 4) is 0 Å². The molecule has 3 fully saturated rings. The van der Waals surface area contributed by atoms with E-state index < -0.39 is 5.54 Å². The van der Waals surface area contributed by atoms with E-state index in [9.17, 15) is 9.59 Å². The zero-order valence-electron chi connectivity index (χ0n) is 17.9. The van der Waals surface area contributed by atoms with Crippen molar-refractivity contribution in [3.63, 3.8) is 0 Å². The third-order valence-electron chi connectivity index (χ3n) is 8.50. The summed E-state index contributed by atoms with van der Waals surface area (Å²) in [5, 5.41) is 3.41. The van der Waals surface area contributed by atoms with Crippen molar-refractivity contribution < 1.29 is 9.59 Å². The fourth-order valence-corrected chi connectivity index (χ4v) is 6.74. The van der Waals surface area contributed by atoms with Gasteiger partial charge in [-0.05, 0) is 50.1 Å². The fourth-order valence-electron chi connectivity index (χ4n) is 6.74. The van der Waals surface area contributed by atoms with E-state index in [4.69, 9.17) is 0 Å². The highest BCUT2D eigenvalue weighted by molar-refractivity contribution is 6.10. The van der Waals surface area contributed by atoms with Gasteiger partial charge in [0, 0.05) is 30.4 Å². The van der Waals surface area contributed by atoms with Crippen LogP contribution in [0.2, 0.25) is 0 Å². The summed E-state index contributed by atoms with van der Waals surface area (Å²) in [6, 6.07) is 8.64. The number of carbonyl (C=O) groups is 2. The van der Waals surface area contributed by atoms with Gasteiger partial charge in [-0.3, -0.25) is 14.5 Å². The molecule has 1 aliphatic carbocycles. The average molecular weight is 396 g/mol. The summed E-state index contributed by atoms with van der Waals surface area (Å²) in [7, 11) is 1.86. The largest absolute Gasteiger partial charge is 0.353 e. The topological polar surface area (TPSA) is 52.7 Å². The number of amides is 2. The number of likely N-dealkylation sites (N-methyl/N-ethyl adjacent to an activating group) is 1. The highest BCUT2D eigenvalue weighted by Gasteiger charge is 2.66. The maximum atomic E-state index is 13.8. The number of nitrogens with one attached hydrogen (secondary N) is 1. The van der Waals surface area contributed by atoms with Gasteiger partial charge in [-0.25, -0.2) is 0 Å². The molecule has 3 aliphatic heterocycles. The predicted octanol–water partition coefficient (Wildman–Crippen LogP) is 3.28. The van der Waals surface area contributed by atoms with E-state index in [1.807, 2.05) is 25.2 Å². The van der Waals surface area contributed by atoms with Crippen LogP contribution in [0.15, 0.2) is 24.3 Å². The predicted molar refractivity (Wildman–Crippen MR) is 113 cm³/mol. The number of nitrogens with zero attached hydrogens (tertiary/aromatic N) is 2. The molecule has 1 spiro atoms. The molecule has 5 heteroatoms. The first-order valence-corrected chi connectivity index (χ1v) is 11.4. The number of para-hydroxylation sites is 1. The van der Waals surface area contributed by atoms with Crippen molar-refractivity contribution in [2.45, 2.75) is 70.0 Å². The van der Waals surface area contributed by atoms with Crippen LogP contribution in [-0.2, 0) is 15.1 Å². The van der Waals surface area contributed by atoms with Crippen LogP contribution in [0.25, 0.3) is 0 Å². The van der Waals surface area contributed by atoms with Gasteiger partial charge in [0.15, 0.2) is 0 Å². The van der Waals surface area contributed by atoms with E-state index in [2.05, 4.69) is 30.1 Å². The van der Waals surface area contributed by atoms with Crippen molar-refractivity contribution in [2.75, 3.05) is 18.5 Å². The van der Waals surface area contributed by atoms with Crippen molar-refractivity contribution >= 4 is 17.5 Å². The van der Waals surface area contributed by atoms with Gasteiger partial charge in [-0.2, -0.15) is 0 Å². The van der Waals surface area contributed by atoms with E-state index >= 15 is 0 Å². The molecule has 6 atom stereocenters. The number of carbonyl (C=O) groups excluding carboxylic acids is 2. The first-order valence-electron chi connectivity index (χ1n) is 11.4. The smallest absolute Gasteiger partial charge is 0.252 e. The molecule has 5 rings (SSSR count). The minimum absolute atomic E-state index is 0.0771. The summed E-state index contributed by atoms with van der Waals surface area (Å²) in [5.41, 5.74) is 1.17. The summed E-state index contributed by atoms with van der Waals surface area (Å²) in [5.74, 6) is 0.974. The number of anilines is 1. The van der Waals surface area contributed by atoms with Gasteiger partial charge in [-0.15, -0.1) is 0 Å². The number of hydrogen-bond donors (Lipinski definition) is 1. The second-order valence-corrected chi connectivity index (χ2v) is 9.81. The highest BCUT2D eigenvalue weighted by atomic mass is 16.2. The first kappa shape index (κ1) is 19.1. The Morgan fingerprint density at radius 1 is 1.14 bits per heavy atom. The molecule has 2 saturated heterocycles. The third-order valence-corrected chi connectivity index (χ3v) is 8.50. The van der Waals surface area contributed by atoms with Crippen LogP contribution in [0.5, 0.6) is 0 Å². The van der Waals surface area contributed by atoms with E-state index in [-0.39, 0.29) is 23.8 Å². The van der Waals surface area contributed by atoms with Crippen molar-refractivity contribution in [3.05, 3.63) is 29.8 Å². The minimum atomic E-state index is -0.819. The molecule has 3 heterocycles. The molecule has 0 aromatic heterocycles. The standard InChI is InChI=1S/C24H33N3O2/c1-15-8-6-11-20(16(15)2)25-22(28)19-14-17-9-7-13-27(17)24(19)18-10-4-5-12-21(18)26(3)23(24)29/h4-5,10,12,15-17,19-20H,6-9,11,13-14H2,1-3H3,(H,25,28). The summed E-state index contributed by atoms with van der Waals surface area (Å²) in [6.07, 6.45) is 6.45. The van der Waals surface area contributed by atoms with Crippen LogP contribution in [0.4, 0.5) is 5.69 Å². The molecule has 156 valence electrons. The number of fused-ring (bicyclic) bond motifs is 4. The van der Waals surface area contributed by atoms with Crippen molar-refractivity contribution in [2.24, 2.45) is 17.8 Å². The molecule has 0 bridgehead atoms. The van der Waals surface area contributed by atoms with Gasteiger partial charge in [0.25, 0.3) is 5.91 Å². The quantitative estimate of drug-likeness (QED) is 0.836. The Hall–Kier alpha value is -1.88. The van der Waals surface area contributed by atoms with E-state index in [1.54, 1.807) is 4.90 Å². The molecular weight excluding hydrogens is 362 g/mol. The molecule has 1 aromatic carbocycles. The van der Waals surface area contributed by atoms with Gasteiger partial charge in [0.05, 0.1) is 5.92 Å². The summed E-state index contributed by atoms with van der Waals surface area (Å²) in [4.78, 5) is 31.6. The maximum absolute atomic E-state index is 13.8. The Labute approximate surface area is 173 Å². The molecule has 1 N–H and O–H groups in total. The lowest BCUT2D eigenvalue weighted by molar-refractivity contribution is -0.139. The van der Waals surface area contributed by atoms with E-state index in [1.165, 1.54) is 12.8 Å². The Morgan fingerprint density at radius 2 is 1.93 bits per heavy atom. The first-order chi connectivity index (χ1) is 14.0. The van der Waals surface area contributed by atoms with Gasteiger partial charge < -0.3 is 10.2 Å².